The third-order valence-electron chi connectivity index (χ3n) is 3.47. The maximum absolute atomic E-state index is 14.0. The molecule has 1 aromatic carbocycles. The van der Waals surface area contributed by atoms with Crippen LogP contribution in [0.2, 0.25) is 0 Å². The molecule has 130 valence electrons. The predicted octanol–water partition coefficient (Wildman–Crippen LogP) is 2.51. The first-order chi connectivity index (χ1) is 12.6. The van der Waals surface area contributed by atoms with Gasteiger partial charge < -0.3 is 20.8 Å². The normalized spacial score (nSPS) is 10.8. The molecule has 0 saturated heterocycles. The van der Waals surface area contributed by atoms with Gasteiger partial charge in [-0.15, -0.1) is 0 Å². The van der Waals surface area contributed by atoms with Gasteiger partial charge in [-0.05, 0) is 30.3 Å². The van der Waals surface area contributed by atoms with Crippen LogP contribution < -0.4 is 22.1 Å². The van der Waals surface area contributed by atoms with E-state index < -0.39 is 11.6 Å². The summed E-state index contributed by atoms with van der Waals surface area (Å²) in [5.41, 5.74) is 7.55. The number of oxazole rings is 1. The van der Waals surface area contributed by atoms with Gasteiger partial charge in [-0.1, -0.05) is 0 Å². The zero-order chi connectivity index (χ0) is 18.1. The summed E-state index contributed by atoms with van der Waals surface area (Å²) in [6.45, 7) is 0. The second-order valence-electron chi connectivity index (χ2n) is 5.34. The summed E-state index contributed by atoms with van der Waals surface area (Å²) in [5.74, 6) is -0.666. The highest BCUT2D eigenvalue weighted by Crippen LogP contribution is 2.22. The maximum Gasteiger partial charge on any atom is 0.417 e. The van der Waals surface area contributed by atoms with Crippen LogP contribution in [-0.4, -0.2) is 19.9 Å². The van der Waals surface area contributed by atoms with Crippen LogP contribution in [-0.2, 0) is 0 Å². The molecule has 0 fully saturated rings. The molecular formula is C16H12FN7O2. The summed E-state index contributed by atoms with van der Waals surface area (Å²) in [4.78, 5) is 25.7. The number of pyridine rings is 1. The molecule has 0 atom stereocenters. The van der Waals surface area contributed by atoms with Crippen molar-refractivity contribution >= 4 is 40.1 Å². The number of nitrogens with two attached hydrogens (primary N) is 1. The van der Waals surface area contributed by atoms with E-state index in [1.165, 1.54) is 6.20 Å². The molecule has 0 aliphatic heterocycles. The zero-order valence-corrected chi connectivity index (χ0v) is 13.2. The van der Waals surface area contributed by atoms with Crippen molar-refractivity contribution in [2.45, 2.75) is 0 Å². The Bertz CT molecular complexity index is 1140. The SMILES string of the molecule is Nc1ccc(Nc2ncc(F)c(Nc3ccc4oc(=O)[nH]c4c3)n2)cn1. The van der Waals surface area contributed by atoms with Crippen molar-refractivity contribution in [3.63, 3.8) is 0 Å². The second kappa shape index (κ2) is 6.16. The predicted molar refractivity (Wildman–Crippen MR) is 94.0 cm³/mol. The Morgan fingerprint density at radius 2 is 1.92 bits per heavy atom. The standard InChI is InChI=1S/C16H12FN7O2/c17-10-7-20-15(22-9-2-4-13(18)19-6-9)24-14(10)21-8-1-3-12-11(5-8)23-16(25)26-12/h1-7H,(H2,18,19)(H,23,25)(H2,20,21,22,24). The summed E-state index contributed by atoms with van der Waals surface area (Å²) in [7, 11) is 0. The van der Waals surface area contributed by atoms with Gasteiger partial charge in [0.15, 0.2) is 17.2 Å². The molecule has 0 amide bonds. The van der Waals surface area contributed by atoms with Crippen molar-refractivity contribution in [3.05, 3.63) is 59.1 Å². The summed E-state index contributed by atoms with van der Waals surface area (Å²) in [5, 5.41) is 5.75. The minimum Gasteiger partial charge on any atom is -0.408 e. The van der Waals surface area contributed by atoms with E-state index in [0.717, 1.165) is 6.20 Å². The average Bonchev–Trinajstić information content (AvgIpc) is 2.99. The van der Waals surface area contributed by atoms with Crippen LogP contribution in [0, 0.1) is 5.82 Å². The summed E-state index contributed by atoms with van der Waals surface area (Å²) >= 11 is 0. The molecule has 4 aromatic rings. The minimum absolute atomic E-state index is 0.0314. The molecule has 0 radical (unpaired) electrons. The number of aromatic nitrogens is 4. The molecular weight excluding hydrogens is 341 g/mol. The Kier molecular flexibility index (Phi) is 3.69. The van der Waals surface area contributed by atoms with Crippen molar-refractivity contribution in [2.75, 3.05) is 16.4 Å². The summed E-state index contributed by atoms with van der Waals surface area (Å²) < 4.78 is 19.0. The number of H-pyrrole nitrogens is 1. The van der Waals surface area contributed by atoms with E-state index in [9.17, 15) is 9.18 Å². The second-order valence-corrected chi connectivity index (χ2v) is 5.34. The highest BCUT2D eigenvalue weighted by molar-refractivity contribution is 5.78. The molecule has 0 saturated carbocycles. The van der Waals surface area contributed by atoms with Gasteiger partial charge in [-0.3, -0.25) is 4.98 Å². The number of aromatic amines is 1. The molecule has 4 rings (SSSR count). The molecule has 0 bridgehead atoms. The lowest BCUT2D eigenvalue weighted by atomic mass is 10.3. The number of nitrogens with one attached hydrogen (secondary N) is 3. The van der Waals surface area contributed by atoms with Gasteiger partial charge in [0.2, 0.25) is 5.95 Å². The van der Waals surface area contributed by atoms with Crippen LogP contribution in [0.5, 0.6) is 0 Å². The molecule has 0 unspecified atom stereocenters. The Balaban J connectivity index is 1.60. The first-order valence-corrected chi connectivity index (χ1v) is 7.48. The van der Waals surface area contributed by atoms with E-state index in [-0.39, 0.29) is 11.8 Å². The number of anilines is 5. The lowest BCUT2D eigenvalue weighted by molar-refractivity contribution is 0.555. The monoisotopic (exact) mass is 353 g/mol. The molecule has 5 N–H and O–H groups in total. The molecule has 3 heterocycles. The fourth-order valence-corrected chi connectivity index (χ4v) is 2.29. The van der Waals surface area contributed by atoms with Gasteiger partial charge in [0.1, 0.15) is 5.82 Å². The van der Waals surface area contributed by atoms with E-state index in [1.807, 2.05) is 0 Å². The molecule has 26 heavy (non-hydrogen) atoms. The fraction of sp³-hybridized carbons (Fsp3) is 0. The number of halogens is 1. The van der Waals surface area contributed by atoms with Crippen molar-refractivity contribution < 1.29 is 8.81 Å². The number of benzene rings is 1. The molecule has 0 spiro atoms. The fourth-order valence-electron chi connectivity index (χ4n) is 2.29. The molecule has 9 nitrogen and oxygen atoms in total. The quantitative estimate of drug-likeness (QED) is 0.439. The van der Waals surface area contributed by atoms with Crippen molar-refractivity contribution in [3.8, 4) is 0 Å². The number of rotatable bonds is 4. The first kappa shape index (κ1) is 15.6. The Morgan fingerprint density at radius 3 is 2.73 bits per heavy atom. The van der Waals surface area contributed by atoms with Gasteiger partial charge in [0, 0.05) is 5.69 Å². The van der Waals surface area contributed by atoms with Crippen molar-refractivity contribution in [1.82, 2.24) is 19.9 Å². The van der Waals surface area contributed by atoms with Crippen LogP contribution in [0.15, 0.2) is 51.9 Å². The number of hydrogen-bond donors (Lipinski definition) is 4. The van der Waals surface area contributed by atoms with Crippen LogP contribution in [0.25, 0.3) is 11.1 Å². The number of nitrogen functional groups attached to an aromatic ring is 1. The van der Waals surface area contributed by atoms with Crippen molar-refractivity contribution in [2.24, 2.45) is 0 Å². The molecule has 0 aliphatic rings. The van der Waals surface area contributed by atoms with E-state index in [1.54, 1.807) is 30.3 Å². The number of fused-ring (bicyclic) bond motifs is 1. The topological polar surface area (TPSA) is 135 Å². The lowest BCUT2D eigenvalue weighted by Gasteiger charge is -2.09. The third-order valence-corrected chi connectivity index (χ3v) is 3.47. The van der Waals surface area contributed by atoms with E-state index >= 15 is 0 Å². The Morgan fingerprint density at radius 1 is 1.08 bits per heavy atom. The highest BCUT2D eigenvalue weighted by Gasteiger charge is 2.09. The van der Waals surface area contributed by atoms with E-state index in [0.29, 0.717) is 28.3 Å². The van der Waals surface area contributed by atoms with Crippen LogP contribution in [0.4, 0.5) is 33.3 Å². The Hall–Kier alpha value is -3.95. The zero-order valence-electron chi connectivity index (χ0n) is 13.2. The van der Waals surface area contributed by atoms with Crippen LogP contribution in [0.3, 0.4) is 0 Å². The Labute approximate surface area is 145 Å². The van der Waals surface area contributed by atoms with Gasteiger partial charge in [0.25, 0.3) is 0 Å². The maximum atomic E-state index is 14.0. The summed E-state index contributed by atoms with van der Waals surface area (Å²) in [6.07, 6.45) is 2.55. The smallest absolute Gasteiger partial charge is 0.408 e. The van der Waals surface area contributed by atoms with Gasteiger partial charge in [0.05, 0.1) is 23.6 Å². The van der Waals surface area contributed by atoms with Gasteiger partial charge in [-0.2, -0.15) is 4.98 Å². The average molecular weight is 353 g/mol. The molecule has 0 aliphatic carbocycles. The van der Waals surface area contributed by atoms with E-state index in [2.05, 4.69) is 30.6 Å². The molecule has 10 heteroatoms. The molecule has 3 aromatic heterocycles. The number of hydrogen-bond acceptors (Lipinski definition) is 8. The lowest BCUT2D eigenvalue weighted by Crippen LogP contribution is -2.03. The van der Waals surface area contributed by atoms with Crippen LogP contribution >= 0.6 is 0 Å². The highest BCUT2D eigenvalue weighted by atomic mass is 19.1. The first-order valence-electron chi connectivity index (χ1n) is 7.48. The third kappa shape index (κ3) is 3.15. The minimum atomic E-state index is -0.633. The number of nitrogens with zero attached hydrogens (tertiary/aromatic N) is 3. The van der Waals surface area contributed by atoms with Gasteiger partial charge >= 0.3 is 5.76 Å². The summed E-state index contributed by atoms with van der Waals surface area (Å²) in [6, 6.07) is 8.15. The largest absolute Gasteiger partial charge is 0.417 e. The van der Waals surface area contributed by atoms with Crippen molar-refractivity contribution in [1.29, 1.82) is 0 Å². The van der Waals surface area contributed by atoms with Gasteiger partial charge in [-0.25, -0.2) is 19.2 Å². The van der Waals surface area contributed by atoms with Crippen LogP contribution in [0.1, 0.15) is 0 Å². The van der Waals surface area contributed by atoms with E-state index in [4.69, 9.17) is 10.2 Å².